The van der Waals surface area contributed by atoms with Gasteiger partial charge in [-0.3, -0.25) is 0 Å². The molecule has 2 N–H and O–H groups in total. The zero-order valence-corrected chi connectivity index (χ0v) is 15.8. The van der Waals surface area contributed by atoms with E-state index in [1.807, 2.05) is 24.3 Å². The lowest BCUT2D eigenvalue weighted by atomic mass is 9.74. The standard InChI is InChI=1S/C24H18F3NO2/c25-24(26,27)19-8-4-3-7-16(19)22-18-11-13-5-1-2-6-15(13)21(18)17-12-14(23(29)30)9-10-20(17)28-22/h1-10,12,18,21-22,28H,11H2,(H,29,30)/t18-,21+,22+/m1/s1. The lowest BCUT2D eigenvalue weighted by Gasteiger charge is -2.39. The Morgan fingerprint density at radius 3 is 2.37 bits per heavy atom. The first-order valence-corrected chi connectivity index (χ1v) is 9.72. The highest BCUT2D eigenvalue weighted by Crippen LogP contribution is 2.55. The summed E-state index contributed by atoms with van der Waals surface area (Å²) in [5.41, 5.74) is 3.42. The van der Waals surface area contributed by atoms with E-state index in [1.165, 1.54) is 18.2 Å². The number of alkyl halides is 3. The third-order valence-electron chi connectivity index (χ3n) is 6.25. The van der Waals surface area contributed by atoms with Crippen LogP contribution in [0.3, 0.4) is 0 Å². The van der Waals surface area contributed by atoms with Crippen LogP contribution in [-0.4, -0.2) is 11.1 Å². The van der Waals surface area contributed by atoms with Crippen molar-refractivity contribution in [3.8, 4) is 0 Å². The smallest absolute Gasteiger partial charge is 0.416 e. The lowest BCUT2D eigenvalue weighted by Crippen LogP contribution is -2.32. The van der Waals surface area contributed by atoms with Crippen molar-refractivity contribution in [3.63, 3.8) is 0 Å². The van der Waals surface area contributed by atoms with E-state index < -0.39 is 23.8 Å². The summed E-state index contributed by atoms with van der Waals surface area (Å²) in [7, 11) is 0. The highest BCUT2D eigenvalue weighted by Gasteiger charge is 2.46. The minimum atomic E-state index is -4.45. The SMILES string of the molecule is O=C(O)c1ccc2c(c1)[C@@H]1c3ccccc3C[C@H]1[C@H](c1ccccc1C(F)(F)F)N2. The number of hydrogen-bond donors (Lipinski definition) is 2. The Morgan fingerprint density at radius 1 is 0.933 bits per heavy atom. The number of aromatic carboxylic acids is 1. The molecule has 1 heterocycles. The monoisotopic (exact) mass is 409 g/mol. The second-order valence-corrected chi connectivity index (χ2v) is 7.86. The molecule has 3 atom stereocenters. The van der Waals surface area contributed by atoms with Gasteiger partial charge in [0.05, 0.1) is 17.2 Å². The van der Waals surface area contributed by atoms with Gasteiger partial charge in [-0.25, -0.2) is 4.79 Å². The van der Waals surface area contributed by atoms with E-state index in [4.69, 9.17) is 0 Å². The molecule has 0 spiro atoms. The summed E-state index contributed by atoms with van der Waals surface area (Å²) in [6.07, 6.45) is -3.83. The molecule has 6 heteroatoms. The number of benzene rings is 3. The molecule has 0 amide bonds. The molecule has 3 aromatic carbocycles. The van der Waals surface area contributed by atoms with Gasteiger partial charge in [0.25, 0.3) is 0 Å². The molecule has 30 heavy (non-hydrogen) atoms. The summed E-state index contributed by atoms with van der Waals surface area (Å²) in [5, 5.41) is 12.7. The van der Waals surface area contributed by atoms with Crippen molar-refractivity contribution in [1.82, 2.24) is 0 Å². The number of rotatable bonds is 2. The molecule has 0 unspecified atom stereocenters. The van der Waals surface area contributed by atoms with Crippen LogP contribution in [0.1, 0.15) is 50.1 Å². The van der Waals surface area contributed by atoms with Gasteiger partial charge in [-0.1, -0.05) is 42.5 Å². The van der Waals surface area contributed by atoms with E-state index in [9.17, 15) is 23.1 Å². The van der Waals surface area contributed by atoms with Gasteiger partial charge in [-0.2, -0.15) is 13.2 Å². The number of carboxylic acid groups (broad SMARTS) is 1. The zero-order chi connectivity index (χ0) is 21.0. The quantitative estimate of drug-likeness (QED) is 0.556. The van der Waals surface area contributed by atoms with Gasteiger partial charge in [-0.15, -0.1) is 0 Å². The molecule has 0 saturated heterocycles. The maximum Gasteiger partial charge on any atom is 0.416 e. The van der Waals surface area contributed by atoms with E-state index in [-0.39, 0.29) is 23.0 Å². The Labute approximate surface area is 171 Å². The Kier molecular flexibility index (Phi) is 4.13. The van der Waals surface area contributed by atoms with E-state index in [0.29, 0.717) is 12.1 Å². The van der Waals surface area contributed by atoms with Gasteiger partial charge >= 0.3 is 12.1 Å². The summed E-state index contributed by atoms with van der Waals surface area (Å²) in [6, 6.07) is 17.8. The fraction of sp³-hybridized carbons (Fsp3) is 0.208. The molecule has 0 bridgehead atoms. The first-order chi connectivity index (χ1) is 14.3. The zero-order valence-electron chi connectivity index (χ0n) is 15.8. The van der Waals surface area contributed by atoms with Crippen molar-refractivity contribution in [1.29, 1.82) is 0 Å². The number of fused-ring (bicyclic) bond motifs is 5. The van der Waals surface area contributed by atoms with Gasteiger partial charge in [0.2, 0.25) is 0 Å². The molecule has 152 valence electrons. The minimum Gasteiger partial charge on any atom is -0.478 e. The van der Waals surface area contributed by atoms with Crippen molar-refractivity contribution in [3.05, 3.63) is 100 Å². The number of carboxylic acids is 1. The average molecular weight is 409 g/mol. The van der Waals surface area contributed by atoms with Gasteiger partial charge < -0.3 is 10.4 Å². The molecule has 5 rings (SSSR count). The molecular weight excluding hydrogens is 391 g/mol. The van der Waals surface area contributed by atoms with Crippen LogP contribution in [0.2, 0.25) is 0 Å². The first kappa shape index (κ1) is 18.7. The Balaban J connectivity index is 1.70. The van der Waals surface area contributed by atoms with E-state index in [1.54, 1.807) is 18.2 Å². The van der Waals surface area contributed by atoms with Crippen molar-refractivity contribution in [2.75, 3.05) is 5.32 Å². The number of halogens is 3. The van der Waals surface area contributed by atoms with Gasteiger partial charge in [-0.05, 0) is 58.9 Å². The van der Waals surface area contributed by atoms with E-state index in [2.05, 4.69) is 5.32 Å². The number of hydrogen-bond acceptors (Lipinski definition) is 2. The van der Waals surface area contributed by atoms with Crippen molar-refractivity contribution in [2.24, 2.45) is 5.92 Å². The average Bonchev–Trinajstić information content (AvgIpc) is 3.12. The van der Waals surface area contributed by atoms with E-state index >= 15 is 0 Å². The molecule has 2 aliphatic rings. The number of nitrogens with one attached hydrogen (secondary N) is 1. The molecule has 1 aliphatic carbocycles. The first-order valence-electron chi connectivity index (χ1n) is 9.72. The number of carbonyl (C=O) groups is 1. The van der Waals surface area contributed by atoms with Gasteiger partial charge in [0, 0.05) is 11.6 Å². The fourth-order valence-corrected chi connectivity index (χ4v) is 5.03. The predicted octanol–water partition coefficient (Wildman–Crippen LogP) is 5.87. The summed E-state index contributed by atoms with van der Waals surface area (Å²) >= 11 is 0. The van der Waals surface area contributed by atoms with Crippen LogP contribution in [-0.2, 0) is 12.6 Å². The normalized spacial score (nSPS) is 21.9. The second kappa shape index (κ2) is 6.62. The largest absolute Gasteiger partial charge is 0.478 e. The molecule has 1 aliphatic heterocycles. The second-order valence-electron chi connectivity index (χ2n) is 7.86. The molecule has 0 aromatic heterocycles. The third kappa shape index (κ3) is 2.86. The van der Waals surface area contributed by atoms with Crippen LogP contribution in [0.5, 0.6) is 0 Å². The number of anilines is 1. The third-order valence-corrected chi connectivity index (χ3v) is 6.25. The highest BCUT2D eigenvalue weighted by molar-refractivity contribution is 5.89. The molecular formula is C24H18F3NO2. The molecule has 0 saturated carbocycles. The van der Waals surface area contributed by atoms with Crippen molar-refractivity contribution >= 4 is 11.7 Å². The molecule has 3 aromatic rings. The minimum absolute atomic E-state index is 0.151. The summed E-state index contributed by atoms with van der Waals surface area (Å²) in [6.45, 7) is 0. The Bertz CT molecular complexity index is 1160. The maximum absolute atomic E-state index is 13.8. The van der Waals surface area contributed by atoms with Gasteiger partial charge in [0.1, 0.15) is 0 Å². The Morgan fingerprint density at radius 2 is 1.63 bits per heavy atom. The van der Waals surface area contributed by atoms with Crippen LogP contribution < -0.4 is 5.32 Å². The van der Waals surface area contributed by atoms with Crippen molar-refractivity contribution < 1.29 is 23.1 Å². The van der Waals surface area contributed by atoms with Gasteiger partial charge in [0.15, 0.2) is 0 Å². The van der Waals surface area contributed by atoms with E-state index in [0.717, 1.165) is 22.8 Å². The van der Waals surface area contributed by atoms with Crippen LogP contribution >= 0.6 is 0 Å². The lowest BCUT2D eigenvalue weighted by molar-refractivity contribution is -0.138. The highest BCUT2D eigenvalue weighted by atomic mass is 19.4. The predicted molar refractivity (Wildman–Crippen MR) is 107 cm³/mol. The maximum atomic E-state index is 13.8. The van der Waals surface area contributed by atoms with Crippen LogP contribution in [0.4, 0.5) is 18.9 Å². The van der Waals surface area contributed by atoms with Crippen LogP contribution in [0.25, 0.3) is 0 Å². The molecule has 0 radical (unpaired) electrons. The van der Waals surface area contributed by atoms with Crippen molar-refractivity contribution in [2.45, 2.75) is 24.6 Å². The van der Waals surface area contributed by atoms with Crippen LogP contribution in [0.15, 0.2) is 66.7 Å². The summed E-state index contributed by atoms with van der Waals surface area (Å²) in [5.74, 6) is -1.34. The Hall–Kier alpha value is -3.28. The fourth-order valence-electron chi connectivity index (χ4n) is 5.03. The van der Waals surface area contributed by atoms with Crippen LogP contribution in [0, 0.1) is 5.92 Å². The summed E-state index contributed by atoms with van der Waals surface area (Å²) < 4.78 is 41.3. The molecule has 3 nitrogen and oxygen atoms in total. The molecule has 0 fully saturated rings. The summed E-state index contributed by atoms with van der Waals surface area (Å²) in [4.78, 5) is 11.5. The topological polar surface area (TPSA) is 49.3 Å².